The second kappa shape index (κ2) is 10.3. The summed E-state index contributed by atoms with van der Waals surface area (Å²) in [6, 6.07) is 8.44. The van der Waals surface area contributed by atoms with E-state index in [2.05, 4.69) is 48.6 Å². The zero-order valence-electron chi connectivity index (χ0n) is 12.3. The number of rotatable bonds is 5. The number of benzene rings is 1. The van der Waals surface area contributed by atoms with Crippen molar-refractivity contribution in [3.63, 3.8) is 0 Å². The van der Waals surface area contributed by atoms with E-state index in [1.807, 2.05) is 0 Å². The Hall–Kier alpha value is -0.480. The van der Waals surface area contributed by atoms with Gasteiger partial charge in [0, 0.05) is 6.54 Å². The second-order valence-corrected chi connectivity index (χ2v) is 5.39. The topological polar surface area (TPSA) is 24.5 Å². The molecule has 0 amide bonds. The molecule has 0 aliphatic carbocycles. The first kappa shape index (κ1) is 19.5. The first-order valence-corrected chi connectivity index (χ1v) is 6.81. The zero-order chi connectivity index (χ0) is 12.8. The van der Waals surface area contributed by atoms with Crippen LogP contribution in [-0.4, -0.2) is 38.7 Å². The molecule has 1 aromatic carbocycles. The molecule has 2 rings (SSSR count). The van der Waals surface area contributed by atoms with Gasteiger partial charge in [-0.15, -0.1) is 24.8 Å². The van der Waals surface area contributed by atoms with E-state index in [-0.39, 0.29) is 24.8 Å². The van der Waals surface area contributed by atoms with Crippen LogP contribution in [0.2, 0.25) is 0 Å². The smallest absolute Gasteiger partial charge is 0.119 e. The van der Waals surface area contributed by atoms with Gasteiger partial charge in [-0.3, -0.25) is 0 Å². The van der Waals surface area contributed by atoms with Crippen molar-refractivity contribution < 1.29 is 4.74 Å². The van der Waals surface area contributed by atoms with Crippen LogP contribution in [0.3, 0.4) is 0 Å². The summed E-state index contributed by atoms with van der Waals surface area (Å²) in [6.07, 6.45) is 2.47. The fourth-order valence-electron chi connectivity index (χ4n) is 2.36. The maximum absolute atomic E-state index is 5.92. The molecule has 1 N–H and O–H groups in total. The highest BCUT2D eigenvalue weighted by molar-refractivity contribution is 5.85. The number of nitrogens with one attached hydrogen (secondary N) is 1. The molecule has 20 heavy (non-hydrogen) atoms. The third-order valence-corrected chi connectivity index (χ3v) is 3.34. The van der Waals surface area contributed by atoms with Crippen molar-refractivity contribution in [2.45, 2.75) is 19.4 Å². The minimum Gasteiger partial charge on any atom is -0.493 e. The summed E-state index contributed by atoms with van der Waals surface area (Å²) < 4.78 is 5.92. The van der Waals surface area contributed by atoms with Crippen molar-refractivity contribution in [3.8, 4) is 5.75 Å². The van der Waals surface area contributed by atoms with Crippen LogP contribution in [0.1, 0.15) is 18.4 Å². The molecule has 0 radical (unpaired) electrons. The summed E-state index contributed by atoms with van der Waals surface area (Å²) in [7, 11) is 4.17. The lowest BCUT2D eigenvalue weighted by molar-refractivity contribution is 0.215. The number of ether oxygens (including phenoxy) is 1. The van der Waals surface area contributed by atoms with Crippen LogP contribution in [0.25, 0.3) is 0 Å². The number of hydrogen-bond donors (Lipinski definition) is 1. The Bertz CT molecular complexity index is 369. The Balaban J connectivity index is 0.00000180. The summed E-state index contributed by atoms with van der Waals surface area (Å²) in [4.78, 5) is 2.17. The minimum atomic E-state index is 0. The summed E-state index contributed by atoms with van der Waals surface area (Å²) in [5.41, 5.74) is 1.31. The third kappa shape index (κ3) is 6.80. The molecule has 0 aromatic heterocycles. The van der Waals surface area contributed by atoms with Crippen molar-refractivity contribution >= 4 is 24.8 Å². The predicted molar refractivity (Wildman–Crippen MR) is 89.4 cm³/mol. The maximum atomic E-state index is 5.92. The Morgan fingerprint density at radius 3 is 2.55 bits per heavy atom. The highest BCUT2D eigenvalue weighted by atomic mass is 35.5. The molecule has 1 aromatic rings. The maximum Gasteiger partial charge on any atom is 0.119 e. The fourth-order valence-corrected chi connectivity index (χ4v) is 2.36. The highest BCUT2D eigenvalue weighted by Crippen LogP contribution is 2.18. The van der Waals surface area contributed by atoms with Crippen LogP contribution >= 0.6 is 24.8 Å². The van der Waals surface area contributed by atoms with Gasteiger partial charge in [0.15, 0.2) is 0 Å². The lowest BCUT2D eigenvalue weighted by Gasteiger charge is -2.22. The quantitative estimate of drug-likeness (QED) is 0.902. The van der Waals surface area contributed by atoms with Gasteiger partial charge in [-0.05, 0) is 63.6 Å². The molecular formula is C15H26Cl2N2O. The molecule has 3 nitrogen and oxygen atoms in total. The minimum absolute atomic E-state index is 0. The molecule has 116 valence electrons. The molecule has 1 aliphatic rings. The predicted octanol–water partition coefficient (Wildman–Crippen LogP) is 2.97. The number of hydrogen-bond acceptors (Lipinski definition) is 3. The van der Waals surface area contributed by atoms with Crippen LogP contribution in [-0.2, 0) is 6.54 Å². The molecule has 1 heterocycles. The van der Waals surface area contributed by atoms with Gasteiger partial charge < -0.3 is 15.0 Å². The Morgan fingerprint density at radius 1 is 1.20 bits per heavy atom. The van der Waals surface area contributed by atoms with Crippen LogP contribution < -0.4 is 10.1 Å². The van der Waals surface area contributed by atoms with Gasteiger partial charge in [0.2, 0.25) is 0 Å². The SMILES string of the molecule is CN(C)Cc1cccc(OCC2CCNCC2)c1.Cl.Cl. The van der Waals surface area contributed by atoms with Crippen molar-refractivity contribution in [1.29, 1.82) is 0 Å². The van der Waals surface area contributed by atoms with Gasteiger partial charge in [0.25, 0.3) is 0 Å². The van der Waals surface area contributed by atoms with Gasteiger partial charge >= 0.3 is 0 Å². The van der Waals surface area contributed by atoms with Gasteiger partial charge in [0.05, 0.1) is 6.61 Å². The van der Waals surface area contributed by atoms with Crippen LogP contribution in [0, 0.1) is 5.92 Å². The van der Waals surface area contributed by atoms with E-state index in [1.54, 1.807) is 0 Å². The normalized spacial score (nSPS) is 15.3. The van der Waals surface area contributed by atoms with Gasteiger partial charge in [-0.2, -0.15) is 0 Å². The molecule has 0 saturated carbocycles. The molecule has 1 fully saturated rings. The summed E-state index contributed by atoms with van der Waals surface area (Å²) in [6.45, 7) is 4.08. The Kier molecular flexibility index (Phi) is 10.0. The number of nitrogens with zero attached hydrogens (tertiary/aromatic N) is 1. The first-order valence-electron chi connectivity index (χ1n) is 6.81. The fraction of sp³-hybridized carbons (Fsp3) is 0.600. The highest BCUT2D eigenvalue weighted by Gasteiger charge is 2.13. The molecular weight excluding hydrogens is 295 g/mol. The lowest BCUT2D eigenvalue weighted by atomic mass is 9.99. The number of halogens is 2. The molecule has 0 spiro atoms. The van der Waals surface area contributed by atoms with Crippen molar-refractivity contribution in [2.24, 2.45) is 5.92 Å². The van der Waals surface area contributed by atoms with Crippen molar-refractivity contribution in [2.75, 3.05) is 33.8 Å². The molecule has 1 aliphatic heterocycles. The average Bonchev–Trinajstić information content (AvgIpc) is 2.37. The largest absolute Gasteiger partial charge is 0.493 e. The van der Waals surface area contributed by atoms with E-state index < -0.39 is 0 Å². The van der Waals surface area contributed by atoms with E-state index in [4.69, 9.17) is 4.74 Å². The van der Waals surface area contributed by atoms with Gasteiger partial charge in [-0.25, -0.2) is 0 Å². The molecule has 5 heteroatoms. The van der Waals surface area contributed by atoms with E-state index >= 15 is 0 Å². The van der Waals surface area contributed by atoms with Crippen molar-refractivity contribution in [3.05, 3.63) is 29.8 Å². The average molecular weight is 321 g/mol. The van der Waals surface area contributed by atoms with Gasteiger partial charge in [-0.1, -0.05) is 12.1 Å². The van der Waals surface area contributed by atoms with E-state index in [9.17, 15) is 0 Å². The Labute approximate surface area is 134 Å². The van der Waals surface area contributed by atoms with Crippen LogP contribution in [0.15, 0.2) is 24.3 Å². The van der Waals surface area contributed by atoms with Crippen LogP contribution in [0.4, 0.5) is 0 Å². The summed E-state index contributed by atoms with van der Waals surface area (Å²) in [5, 5.41) is 3.38. The first-order chi connectivity index (χ1) is 8.74. The zero-order valence-corrected chi connectivity index (χ0v) is 13.9. The second-order valence-electron chi connectivity index (χ2n) is 5.39. The van der Waals surface area contributed by atoms with Crippen LogP contribution in [0.5, 0.6) is 5.75 Å². The third-order valence-electron chi connectivity index (χ3n) is 3.34. The number of piperidine rings is 1. The lowest BCUT2D eigenvalue weighted by Crippen LogP contribution is -2.30. The monoisotopic (exact) mass is 320 g/mol. The molecule has 0 bridgehead atoms. The standard InChI is InChI=1S/C15H24N2O.2ClH/c1-17(2)11-14-4-3-5-15(10-14)18-12-13-6-8-16-9-7-13;;/h3-5,10,13,16H,6-9,11-12H2,1-2H3;2*1H. The van der Waals surface area contributed by atoms with E-state index in [0.29, 0.717) is 5.92 Å². The molecule has 0 atom stereocenters. The van der Waals surface area contributed by atoms with E-state index in [0.717, 1.165) is 32.0 Å². The van der Waals surface area contributed by atoms with Gasteiger partial charge in [0.1, 0.15) is 5.75 Å². The molecule has 1 saturated heterocycles. The molecule has 0 unspecified atom stereocenters. The summed E-state index contributed by atoms with van der Waals surface area (Å²) in [5.74, 6) is 1.72. The van der Waals surface area contributed by atoms with E-state index in [1.165, 1.54) is 18.4 Å². The van der Waals surface area contributed by atoms with Crippen molar-refractivity contribution in [1.82, 2.24) is 10.2 Å². The Morgan fingerprint density at radius 2 is 1.90 bits per heavy atom. The summed E-state index contributed by atoms with van der Waals surface area (Å²) >= 11 is 0.